The Bertz CT molecular complexity index is 469. The van der Waals surface area contributed by atoms with Gasteiger partial charge in [-0.05, 0) is 12.0 Å². The zero-order valence-corrected chi connectivity index (χ0v) is 11.4. The Kier molecular flexibility index (Phi) is 4.74. The van der Waals surface area contributed by atoms with Crippen molar-refractivity contribution in [1.82, 2.24) is 4.90 Å². The fourth-order valence-electron chi connectivity index (χ4n) is 2.45. The fourth-order valence-corrected chi connectivity index (χ4v) is 2.45. The van der Waals surface area contributed by atoms with Gasteiger partial charge in [0.05, 0.1) is 6.42 Å². The molecule has 0 bridgehead atoms. The van der Waals surface area contributed by atoms with Crippen molar-refractivity contribution in [3.8, 4) is 0 Å². The summed E-state index contributed by atoms with van der Waals surface area (Å²) in [6.07, 6.45) is 1.17. The van der Waals surface area contributed by atoms with Gasteiger partial charge in [0.25, 0.3) is 0 Å². The van der Waals surface area contributed by atoms with Crippen LogP contribution in [-0.4, -0.2) is 35.0 Å². The Morgan fingerprint density at radius 2 is 1.95 bits per heavy atom. The van der Waals surface area contributed by atoms with E-state index in [0.717, 1.165) is 5.56 Å². The minimum Gasteiger partial charge on any atom is -0.481 e. The van der Waals surface area contributed by atoms with E-state index in [0.29, 0.717) is 25.9 Å². The van der Waals surface area contributed by atoms with Gasteiger partial charge in [-0.2, -0.15) is 0 Å². The molecule has 1 heterocycles. The number of nitrogens with two attached hydrogens (primary N) is 1. The summed E-state index contributed by atoms with van der Waals surface area (Å²) in [5.41, 5.74) is 7.08. The summed E-state index contributed by atoms with van der Waals surface area (Å²) in [7, 11) is 0. The lowest BCUT2D eigenvalue weighted by atomic mass is 9.95. The van der Waals surface area contributed by atoms with E-state index < -0.39 is 5.97 Å². The molecule has 1 aromatic carbocycles. The van der Waals surface area contributed by atoms with Crippen molar-refractivity contribution in [2.45, 2.75) is 25.3 Å². The molecule has 1 aromatic rings. The van der Waals surface area contributed by atoms with Gasteiger partial charge in [-0.1, -0.05) is 30.3 Å². The summed E-state index contributed by atoms with van der Waals surface area (Å²) >= 11 is 0. The molecule has 5 nitrogen and oxygen atoms in total. The first-order valence-electron chi connectivity index (χ1n) is 6.86. The molecule has 1 atom stereocenters. The molecule has 0 saturated carbocycles. The van der Waals surface area contributed by atoms with E-state index in [-0.39, 0.29) is 24.3 Å². The zero-order chi connectivity index (χ0) is 14.5. The van der Waals surface area contributed by atoms with E-state index in [1.165, 1.54) is 0 Å². The SMILES string of the molecule is NC(CCC(=O)N1CC(CC(=O)O)C1)c1ccccc1. The quantitative estimate of drug-likeness (QED) is 0.822. The Balaban J connectivity index is 1.70. The van der Waals surface area contributed by atoms with Crippen molar-refractivity contribution >= 4 is 11.9 Å². The number of rotatable bonds is 6. The third-order valence-electron chi connectivity index (χ3n) is 3.67. The molecule has 5 heteroatoms. The summed E-state index contributed by atoms with van der Waals surface area (Å²) in [5.74, 6) is -0.620. The second-order valence-corrected chi connectivity index (χ2v) is 5.32. The van der Waals surface area contributed by atoms with Crippen molar-refractivity contribution in [3.63, 3.8) is 0 Å². The number of hydrogen-bond donors (Lipinski definition) is 2. The highest BCUT2D eigenvalue weighted by Crippen LogP contribution is 2.22. The van der Waals surface area contributed by atoms with Gasteiger partial charge < -0.3 is 15.7 Å². The van der Waals surface area contributed by atoms with Crippen LogP contribution in [0.5, 0.6) is 0 Å². The Labute approximate surface area is 118 Å². The maximum atomic E-state index is 11.9. The molecule has 0 aliphatic carbocycles. The fraction of sp³-hybridized carbons (Fsp3) is 0.467. The van der Waals surface area contributed by atoms with E-state index >= 15 is 0 Å². The van der Waals surface area contributed by atoms with Crippen LogP contribution in [0, 0.1) is 5.92 Å². The van der Waals surface area contributed by atoms with E-state index in [4.69, 9.17) is 10.8 Å². The van der Waals surface area contributed by atoms with Crippen LogP contribution in [-0.2, 0) is 9.59 Å². The summed E-state index contributed by atoms with van der Waals surface area (Å²) in [6, 6.07) is 9.59. The molecule has 108 valence electrons. The zero-order valence-electron chi connectivity index (χ0n) is 11.4. The van der Waals surface area contributed by atoms with Gasteiger partial charge in [0.15, 0.2) is 0 Å². The lowest BCUT2D eigenvalue weighted by molar-refractivity contribution is -0.145. The molecule has 1 fully saturated rings. The van der Waals surface area contributed by atoms with E-state index in [1.54, 1.807) is 4.90 Å². The van der Waals surface area contributed by atoms with Crippen molar-refractivity contribution in [2.75, 3.05) is 13.1 Å². The molecule has 1 aliphatic heterocycles. The van der Waals surface area contributed by atoms with E-state index in [2.05, 4.69) is 0 Å². The van der Waals surface area contributed by atoms with Gasteiger partial charge in [0.1, 0.15) is 0 Å². The number of aliphatic carboxylic acids is 1. The third kappa shape index (κ3) is 3.81. The molecule has 2 rings (SSSR count). The van der Waals surface area contributed by atoms with Gasteiger partial charge in [-0.3, -0.25) is 9.59 Å². The van der Waals surface area contributed by atoms with E-state index in [1.807, 2.05) is 30.3 Å². The lowest BCUT2D eigenvalue weighted by Gasteiger charge is -2.38. The van der Waals surface area contributed by atoms with Crippen LogP contribution < -0.4 is 5.73 Å². The number of carbonyl (C=O) groups is 2. The largest absolute Gasteiger partial charge is 0.481 e. The van der Waals surface area contributed by atoms with Crippen molar-refractivity contribution in [1.29, 1.82) is 0 Å². The highest BCUT2D eigenvalue weighted by Gasteiger charge is 2.31. The number of benzene rings is 1. The van der Waals surface area contributed by atoms with Crippen LogP contribution in [0.2, 0.25) is 0 Å². The lowest BCUT2D eigenvalue weighted by Crippen LogP contribution is -2.50. The van der Waals surface area contributed by atoms with Crippen molar-refractivity contribution in [2.24, 2.45) is 11.7 Å². The molecule has 20 heavy (non-hydrogen) atoms. The van der Waals surface area contributed by atoms with Crippen molar-refractivity contribution in [3.05, 3.63) is 35.9 Å². The topological polar surface area (TPSA) is 83.6 Å². The van der Waals surface area contributed by atoms with Crippen LogP contribution >= 0.6 is 0 Å². The smallest absolute Gasteiger partial charge is 0.303 e. The molecule has 1 amide bonds. The Hall–Kier alpha value is -1.88. The number of carbonyl (C=O) groups excluding carboxylic acids is 1. The standard InChI is InChI=1S/C15H20N2O3/c16-13(12-4-2-1-3-5-12)6-7-14(18)17-9-11(10-17)8-15(19)20/h1-5,11,13H,6-10,16H2,(H,19,20). The van der Waals surface area contributed by atoms with Crippen LogP contribution in [0.25, 0.3) is 0 Å². The molecule has 0 spiro atoms. The second kappa shape index (κ2) is 6.52. The average molecular weight is 276 g/mol. The first kappa shape index (κ1) is 14.5. The molecule has 1 unspecified atom stereocenters. The summed E-state index contributed by atoms with van der Waals surface area (Å²) in [4.78, 5) is 24.2. The first-order valence-corrected chi connectivity index (χ1v) is 6.86. The van der Waals surface area contributed by atoms with Gasteiger partial charge in [0.2, 0.25) is 5.91 Å². The van der Waals surface area contributed by atoms with Crippen LogP contribution in [0.3, 0.4) is 0 Å². The predicted molar refractivity (Wildman–Crippen MR) is 74.9 cm³/mol. The first-order chi connectivity index (χ1) is 9.56. The Morgan fingerprint density at radius 1 is 1.30 bits per heavy atom. The minimum absolute atomic E-state index is 0.0676. The third-order valence-corrected chi connectivity index (χ3v) is 3.67. The average Bonchev–Trinajstić information content (AvgIpc) is 2.40. The predicted octanol–water partition coefficient (Wildman–Crippen LogP) is 1.40. The maximum Gasteiger partial charge on any atom is 0.303 e. The number of carboxylic acid groups (broad SMARTS) is 1. The Morgan fingerprint density at radius 3 is 2.55 bits per heavy atom. The molecule has 3 N–H and O–H groups in total. The molecule has 1 aliphatic rings. The number of carboxylic acids is 1. The molecule has 0 radical (unpaired) electrons. The number of hydrogen-bond acceptors (Lipinski definition) is 3. The number of likely N-dealkylation sites (tertiary alicyclic amines) is 1. The van der Waals surface area contributed by atoms with Crippen LogP contribution in [0.1, 0.15) is 30.9 Å². The number of amides is 1. The summed E-state index contributed by atoms with van der Waals surface area (Å²) < 4.78 is 0. The molecule has 1 saturated heterocycles. The van der Waals surface area contributed by atoms with Gasteiger partial charge >= 0.3 is 5.97 Å². The summed E-state index contributed by atoms with van der Waals surface area (Å²) in [5, 5.41) is 8.66. The van der Waals surface area contributed by atoms with Crippen LogP contribution in [0.15, 0.2) is 30.3 Å². The highest BCUT2D eigenvalue weighted by atomic mass is 16.4. The van der Waals surface area contributed by atoms with Gasteiger partial charge in [0, 0.05) is 31.5 Å². The van der Waals surface area contributed by atoms with Gasteiger partial charge in [-0.15, -0.1) is 0 Å². The monoisotopic (exact) mass is 276 g/mol. The molecular weight excluding hydrogens is 256 g/mol. The van der Waals surface area contributed by atoms with Gasteiger partial charge in [-0.25, -0.2) is 0 Å². The van der Waals surface area contributed by atoms with Crippen molar-refractivity contribution < 1.29 is 14.7 Å². The van der Waals surface area contributed by atoms with Crippen LogP contribution in [0.4, 0.5) is 0 Å². The second-order valence-electron chi connectivity index (χ2n) is 5.32. The molecular formula is C15H20N2O3. The normalized spacial score (nSPS) is 16.6. The highest BCUT2D eigenvalue weighted by molar-refractivity contribution is 5.77. The minimum atomic E-state index is -0.798. The van der Waals surface area contributed by atoms with E-state index in [9.17, 15) is 9.59 Å². The summed E-state index contributed by atoms with van der Waals surface area (Å²) in [6.45, 7) is 1.12. The number of nitrogens with zero attached hydrogens (tertiary/aromatic N) is 1. The maximum absolute atomic E-state index is 11.9. The molecule has 0 aromatic heterocycles.